The van der Waals surface area contributed by atoms with Crippen molar-refractivity contribution >= 4 is 17.6 Å². The van der Waals surface area contributed by atoms with Crippen molar-refractivity contribution < 1.29 is 24.1 Å². The minimum Gasteiger partial charge on any atom is -0.378 e. The summed E-state index contributed by atoms with van der Waals surface area (Å²) in [5, 5.41) is 8.86. The second kappa shape index (κ2) is 2.38. The standard InChI is InChI=1S/C6H6NO4/c1-7(2-8)3-4(9)6(11)5(3)10/h3-4,9H,1H3/q+1. The number of aliphatic hydroxyl groups excluding tert-OH is 1. The summed E-state index contributed by atoms with van der Waals surface area (Å²) in [6, 6.07) is -1.01. The quantitative estimate of drug-likeness (QED) is 0.203. The van der Waals surface area contributed by atoms with Crippen LogP contribution in [0.4, 0.5) is 0 Å². The molecule has 0 aromatic carbocycles. The number of carbonyl (C=O) groups is 2. The Hall–Kier alpha value is -1.32. The molecular formula is C6H6NO4+. The van der Waals surface area contributed by atoms with Gasteiger partial charge in [0, 0.05) is 0 Å². The number of hydrogen-bond donors (Lipinski definition) is 1. The van der Waals surface area contributed by atoms with Crippen molar-refractivity contribution in [3.05, 3.63) is 0 Å². The Kier molecular flexibility index (Phi) is 1.68. The van der Waals surface area contributed by atoms with Crippen LogP contribution >= 0.6 is 0 Å². The average Bonchev–Trinajstić information content (AvgIpc) is 2.04. The molecule has 0 spiro atoms. The average molecular weight is 156 g/mol. The Labute approximate surface area is 61.9 Å². The lowest BCUT2D eigenvalue weighted by Crippen LogP contribution is -2.61. The second-order valence-corrected chi connectivity index (χ2v) is 2.32. The summed E-state index contributed by atoms with van der Waals surface area (Å²) >= 11 is 0. The Morgan fingerprint density at radius 1 is 1.45 bits per heavy atom. The maximum atomic E-state index is 10.6. The molecule has 1 rings (SSSR count). The highest BCUT2D eigenvalue weighted by molar-refractivity contribution is 6.48. The summed E-state index contributed by atoms with van der Waals surface area (Å²) < 4.78 is 0.856. The zero-order chi connectivity index (χ0) is 8.59. The van der Waals surface area contributed by atoms with Crippen LogP contribution < -0.4 is 0 Å². The van der Waals surface area contributed by atoms with Gasteiger partial charge in [0.05, 0.1) is 0 Å². The Morgan fingerprint density at radius 3 is 2.36 bits per heavy atom. The van der Waals surface area contributed by atoms with E-state index < -0.39 is 23.7 Å². The Balaban J connectivity index is 2.87. The van der Waals surface area contributed by atoms with Crippen LogP contribution in [0.5, 0.6) is 0 Å². The van der Waals surface area contributed by atoms with Crippen molar-refractivity contribution in [3.63, 3.8) is 0 Å². The third-order valence-corrected chi connectivity index (χ3v) is 1.64. The molecule has 1 fully saturated rings. The largest absolute Gasteiger partial charge is 0.424 e. The molecule has 58 valence electrons. The van der Waals surface area contributed by atoms with Gasteiger partial charge in [0.1, 0.15) is 7.05 Å². The fourth-order valence-electron chi connectivity index (χ4n) is 0.927. The number of likely N-dealkylation sites (N-methyl/N-ethyl adjacent to an activating group) is 1. The zero-order valence-electron chi connectivity index (χ0n) is 5.77. The molecule has 5 heteroatoms. The van der Waals surface area contributed by atoms with Gasteiger partial charge in [-0.1, -0.05) is 0 Å². The smallest absolute Gasteiger partial charge is 0.378 e. The molecule has 1 aliphatic carbocycles. The Morgan fingerprint density at radius 2 is 2.00 bits per heavy atom. The van der Waals surface area contributed by atoms with Crippen LogP contribution in [0.2, 0.25) is 0 Å². The van der Waals surface area contributed by atoms with Gasteiger partial charge in [-0.25, -0.2) is 0 Å². The van der Waals surface area contributed by atoms with Gasteiger partial charge in [-0.15, -0.1) is 4.58 Å². The molecule has 0 heterocycles. The highest BCUT2D eigenvalue weighted by Crippen LogP contribution is 2.13. The maximum absolute atomic E-state index is 10.6. The third kappa shape index (κ3) is 0.906. The SMILES string of the molecule is C[N+](=C=O)C1C(=O)C(=O)C1O. The van der Waals surface area contributed by atoms with E-state index >= 15 is 0 Å². The molecule has 0 amide bonds. The molecule has 2 unspecified atom stereocenters. The number of carbonyl (C=O) groups excluding carboxylic acids is 3. The van der Waals surface area contributed by atoms with Gasteiger partial charge < -0.3 is 5.11 Å². The molecule has 5 nitrogen and oxygen atoms in total. The highest BCUT2D eigenvalue weighted by atomic mass is 16.3. The van der Waals surface area contributed by atoms with Crippen LogP contribution in [0.1, 0.15) is 0 Å². The molecule has 0 aliphatic heterocycles. The van der Waals surface area contributed by atoms with E-state index in [9.17, 15) is 14.4 Å². The minimum atomic E-state index is -1.35. The van der Waals surface area contributed by atoms with E-state index in [0.29, 0.717) is 0 Å². The number of rotatable bonds is 1. The first kappa shape index (κ1) is 7.78. The second-order valence-electron chi connectivity index (χ2n) is 2.32. The van der Waals surface area contributed by atoms with Gasteiger partial charge in [0.2, 0.25) is 5.78 Å². The van der Waals surface area contributed by atoms with Crippen LogP contribution in [0.15, 0.2) is 0 Å². The van der Waals surface area contributed by atoms with Crippen molar-refractivity contribution in [1.29, 1.82) is 0 Å². The lowest BCUT2D eigenvalue weighted by molar-refractivity contribution is -0.532. The number of hydrogen-bond acceptors (Lipinski definition) is 4. The molecule has 0 saturated heterocycles. The van der Waals surface area contributed by atoms with Crippen LogP contribution in [-0.2, 0) is 14.4 Å². The molecule has 2 atom stereocenters. The van der Waals surface area contributed by atoms with E-state index in [1.54, 1.807) is 0 Å². The fraction of sp³-hybridized carbons (Fsp3) is 0.500. The number of Topliss-reactive ketones (excluding diaryl/α,β-unsaturated/α-hetero) is 2. The summed E-state index contributed by atoms with van der Waals surface area (Å²) in [7, 11) is 1.28. The van der Waals surface area contributed by atoms with Crippen LogP contribution in [0.3, 0.4) is 0 Å². The molecule has 1 aliphatic rings. The zero-order valence-corrected chi connectivity index (χ0v) is 5.77. The summed E-state index contributed by atoms with van der Waals surface area (Å²) in [4.78, 5) is 31.0. The van der Waals surface area contributed by atoms with Gasteiger partial charge >= 0.3 is 6.08 Å². The molecule has 1 N–H and O–H groups in total. The van der Waals surface area contributed by atoms with E-state index in [0.717, 1.165) is 4.58 Å². The lowest BCUT2D eigenvalue weighted by atomic mass is 9.85. The topological polar surface area (TPSA) is 74.5 Å². The maximum Gasteiger partial charge on any atom is 0.424 e. The van der Waals surface area contributed by atoms with Crippen molar-refractivity contribution in [2.45, 2.75) is 12.1 Å². The van der Waals surface area contributed by atoms with Crippen molar-refractivity contribution in [2.24, 2.45) is 0 Å². The minimum absolute atomic E-state index is 0.733. The van der Waals surface area contributed by atoms with Gasteiger partial charge in [0.15, 0.2) is 6.10 Å². The normalized spacial score (nSPS) is 29.3. The van der Waals surface area contributed by atoms with E-state index in [-0.39, 0.29) is 0 Å². The lowest BCUT2D eigenvalue weighted by Gasteiger charge is -2.21. The van der Waals surface area contributed by atoms with Crippen molar-refractivity contribution in [1.82, 2.24) is 0 Å². The van der Waals surface area contributed by atoms with Gasteiger partial charge in [0.25, 0.3) is 11.8 Å². The fourth-order valence-corrected chi connectivity index (χ4v) is 0.927. The molecule has 11 heavy (non-hydrogen) atoms. The number of ketones is 2. The molecule has 0 bridgehead atoms. The van der Waals surface area contributed by atoms with E-state index in [4.69, 9.17) is 5.11 Å². The van der Waals surface area contributed by atoms with Crippen LogP contribution in [0.25, 0.3) is 0 Å². The van der Waals surface area contributed by atoms with E-state index in [1.807, 2.05) is 0 Å². The number of aliphatic hydroxyl groups is 1. The number of nitrogens with zero attached hydrogens (tertiary/aromatic N) is 1. The van der Waals surface area contributed by atoms with Crippen molar-refractivity contribution in [3.8, 4) is 0 Å². The summed E-state index contributed by atoms with van der Waals surface area (Å²) in [6.45, 7) is 0. The van der Waals surface area contributed by atoms with Gasteiger partial charge in [-0.3, -0.25) is 9.59 Å². The van der Waals surface area contributed by atoms with Gasteiger partial charge in [-0.05, 0) is 0 Å². The van der Waals surface area contributed by atoms with E-state index in [1.165, 1.54) is 13.1 Å². The monoisotopic (exact) mass is 156 g/mol. The van der Waals surface area contributed by atoms with Crippen molar-refractivity contribution in [2.75, 3.05) is 7.05 Å². The van der Waals surface area contributed by atoms with Crippen LogP contribution in [0, 0.1) is 0 Å². The number of isocyanates is 1. The Bertz CT molecular complexity index is 276. The first-order chi connectivity index (χ1) is 5.09. The first-order valence-corrected chi connectivity index (χ1v) is 2.96. The molecule has 1 saturated carbocycles. The summed E-state index contributed by atoms with van der Waals surface area (Å²) in [6.07, 6.45) is 0.0457. The molecule has 0 aromatic rings. The van der Waals surface area contributed by atoms with Gasteiger partial charge in [-0.2, -0.15) is 4.79 Å². The predicted octanol–water partition coefficient (Wildman–Crippen LogP) is -2.15. The summed E-state index contributed by atoms with van der Waals surface area (Å²) in [5.74, 6) is -1.57. The molecule has 0 aromatic heterocycles. The predicted molar refractivity (Wildman–Crippen MR) is 31.7 cm³/mol. The third-order valence-electron chi connectivity index (χ3n) is 1.64. The summed E-state index contributed by atoms with van der Waals surface area (Å²) in [5.41, 5.74) is 0. The van der Waals surface area contributed by atoms with Crippen LogP contribution in [-0.4, -0.2) is 46.5 Å². The molecular weight excluding hydrogens is 150 g/mol. The first-order valence-electron chi connectivity index (χ1n) is 2.96. The highest BCUT2D eigenvalue weighted by Gasteiger charge is 2.55. The van der Waals surface area contributed by atoms with E-state index in [2.05, 4.69) is 0 Å². The molecule has 0 radical (unpaired) electrons.